The molecule has 38 heavy (non-hydrogen) atoms. The number of methoxy groups -OCH3 is 2. The second kappa shape index (κ2) is 13.2. The van der Waals surface area contributed by atoms with Crippen LogP contribution in [0.3, 0.4) is 0 Å². The Kier molecular flexibility index (Phi) is 9.47. The van der Waals surface area contributed by atoms with Crippen LogP contribution in [0, 0.1) is 0 Å². The van der Waals surface area contributed by atoms with Gasteiger partial charge < -0.3 is 9.47 Å². The Hall–Kier alpha value is -3.73. The first-order valence-corrected chi connectivity index (χ1v) is 14.1. The summed E-state index contributed by atoms with van der Waals surface area (Å²) in [6.07, 6.45) is -2.56. The maximum absolute atomic E-state index is 14.1. The summed E-state index contributed by atoms with van der Waals surface area (Å²) in [5.74, 6) is 0.615. The van der Waals surface area contributed by atoms with Gasteiger partial charge in [0.15, 0.2) is 12.2 Å². The Morgan fingerprint density at radius 2 is 0.895 bits per heavy atom. The van der Waals surface area contributed by atoms with Crippen molar-refractivity contribution in [2.24, 2.45) is 0 Å². The number of carbonyl (C=O) groups excluding carboxylic acids is 1. The zero-order valence-electron chi connectivity index (χ0n) is 20.8. The van der Waals surface area contributed by atoms with E-state index in [1.807, 2.05) is 0 Å². The highest BCUT2D eigenvalue weighted by molar-refractivity contribution is 7.48. The van der Waals surface area contributed by atoms with Gasteiger partial charge in [-0.3, -0.25) is 4.79 Å². The van der Waals surface area contributed by atoms with E-state index in [2.05, 4.69) is 0 Å². The Labute approximate surface area is 223 Å². The molecule has 0 radical (unpaired) electrons. The van der Waals surface area contributed by atoms with Crippen LogP contribution in [0.5, 0.6) is 11.5 Å². The number of hydrogen-bond donors (Lipinski definition) is 0. The average molecular weight is 548 g/mol. The van der Waals surface area contributed by atoms with E-state index < -0.39 is 34.0 Å². The van der Waals surface area contributed by atoms with Gasteiger partial charge in [-0.15, -0.1) is 9.05 Å². The third-order valence-electron chi connectivity index (χ3n) is 5.69. The van der Waals surface area contributed by atoms with Crippen LogP contribution in [0.4, 0.5) is 0 Å². The molecule has 7 nitrogen and oxygen atoms in total. The van der Waals surface area contributed by atoms with E-state index in [-0.39, 0.29) is 0 Å². The van der Waals surface area contributed by atoms with Crippen LogP contribution in [0.2, 0.25) is 0 Å². The number of hydrogen-bond acceptors (Lipinski definition) is 7. The van der Waals surface area contributed by atoms with Gasteiger partial charge in [-0.2, -0.15) is 0 Å². The summed E-state index contributed by atoms with van der Waals surface area (Å²) in [4.78, 5) is 14.1. The van der Waals surface area contributed by atoms with Crippen molar-refractivity contribution < 1.29 is 32.4 Å². The molecule has 192 valence electrons. The van der Waals surface area contributed by atoms with Gasteiger partial charge in [0, 0.05) is 0 Å². The van der Waals surface area contributed by atoms with E-state index in [1.54, 1.807) is 109 Å². The molecule has 0 amide bonds. The van der Waals surface area contributed by atoms with Gasteiger partial charge in [-0.25, -0.2) is 0 Å². The van der Waals surface area contributed by atoms with Crippen LogP contribution in [0.25, 0.3) is 0 Å². The summed E-state index contributed by atoms with van der Waals surface area (Å²) in [6.45, 7) is 0. The molecule has 9 heteroatoms. The van der Waals surface area contributed by atoms with Crippen molar-refractivity contribution in [3.05, 3.63) is 120 Å². The van der Waals surface area contributed by atoms with Crippen LogP contribution >= 0.6 is 16.1 Å². The Morgan fingerprint density at radius 1 is 0.553 bits per heavy atom. The van der Waals surface area contributed by atoms with Crippen molar-refractivity contribution >= 4 is 32.4 Å². The number of rotatable bonds is 12. The van der Waals surface area contributed by atoms with Crippen molar-refractivity contribution in [2.75, 3.05) is 14.2 Å². The Bertz CT molecular complexity index is 1270. The molecule has 0 aromatic heterocycles. The molecule has 4 aromatic carbocycles. The SMILES string of the molecule is COc1ccc(C(O[P+](=O)c2ccccc2)C(=O)C(O[P+](=O)c2ccccc2)c2ccc(OC)cc2)cc1. The van der Waals surface area contributed by atoms with E-state index >= 15 is 0 Å². The van der Waals surface area contributed by atoms with Gasteiger partial charge >= 0.3 is 16.1 Å². The topological polar surface area (TPSA) is 88.1 Å². The van der Waals surface area contributed by atoms with Gasteiger partial charge in [-0.05, 0) is 68.8 Å². The number of carbonyl (C=O) groups is 1. The predicted molar refractivity (Wildman–Crippen MR) is 146 cm³/mol. The molecule has 0 saturated carbocycles. The van der Waals surface area contributed by atoms with Gasteiger partial charge in [0.25, 0.3) is 0 Å². The van der Waals surface area contributed by atoms with E-state index in [1.165, 1.54) is 14.2 Å². The molecule has 0 fully saturated rings. The summed E-state index contributed by atoms with van der Waals surface area (Å²) >= 11 is 0. The highest BCUT2D eigenvalue weighted by Crippen LogP contribution is 2.40. The summed E-state index contributed by atoms with van der Waals surface area (Å²) in [5, 5.41) is 0.872. The summed E-state index contributed by atoms with van der Waals surface area (Å²) in [5.41, 5.74) is 0.902. The molecule has 0 heterocycles. The van der Waals surface area contributed by atoms with E-state index in [9.17, 15) is 13.9 Å². The van der Waals surface area contributed by atoms with Gasteiger partial charge in [-0.1, -0.05) is 60.7 Å². The third-order valence-corrected chi connectivity index (χ3v) is 7.93. The monoisotopic (exact) mass is 548 g/mol. The van der Waals surface area contributed by atoms with Crippen LogP contribution in [-0.2, 0) is 23.0 Å². The maximum Gasteiger partial charge on any atom is 0.549 e. The molecule has 0 saturated heterocycles. The first-order valence-electron chi connectivity index (χ1n) is 11.7. The van der Waals surface area contributed by atoms with E-state index in [4.69, 9.17) is 18.5 Å². The fourth-order valence-corrected chi connectivity index (χ4v) is 5.57. The molecule has 4 atom stereocenters. The molecule has 0 aliphatic rings. The van der Waals surface area contributed by atoms with Gasteiger partial charge in [0.05, 0.1) is 14.2 Å². The fourth-order valence-electron chi connectivity index (χ4n) is 3.66. The van der Waals surface area contributed by atoms with Crippen LogP contribution < -0.4 is 20.1 Å². The smallest absolute Gasteiger partial charge is 0.497 e. The fraction of sp³-hybridized carbons (Fsp3) is 0.138. The molecular weight excluding hydrogens is 522 g/mol. The zero-order chi connectivity index (χ0) is 26.9. The molecule has 4 aromatic rings. The standard InChI is InChI=1S/C29H26O7P2/c1-33-23-17-13-21(14-18-23)28(35-37(31)25-9-5-3-6-10-25)27(30)29(22-15-19-24(34-2)20-16-22)36-38(32)26-11-7-4-8-12-26/h3-20,28-29H,1-2H3/q+2. The van der Waals surface area contributed by atoms with E-state index in [0.29, 0.717) is 33.2 Å². The Morgan fingerprint density at radius 3 is 1.21 bits per heavy atom. The minimum atomic E-state index is -2.40. The third kappa shape index (κ3) is 6.77. The molecule has 0 spiro atoms. The lowest BCUT2D eigenvalue weighted by molar-refractivity contribution is -0.133. The first-order chi connectivity index (χ1) is 18.5. The lowest BCUT2D eigenvalue weighted by Gasteiger charge is -2.17. The maximum atomic E-state index is 14.1. The normalized spacial score (nSPS) is 13.2. The highest BCUT2D eigenvalue weighted by Gasteiger charge is 2.42. The summed E-state index contributed by atoms with van der Waals surface area (Å²) < 4.78 is 48.7. The number of benzene rings is 4. The second-order valence-electron chi connectivity index (χ2n) is 8.10. The van der Waals surface area contributed by atoms with E-state index in [0.717, 1.165) is 0 Å². The predicted octanol–water partition coefficient (Wildman–Crippen LogP) is 6.22. The molecular formula is C29H26O7P2+2. The van der Waals surface area contributed by atoms with Crippen LogP contribution in [-0.4, -0.2) is 20.0 Å². The summed E-state index contributed by atoms with van der Waals surface area (Å²) in [6, 6.07) is 30.6. The van der Waals surface area contributed by atoms with Crippen molar-refractivity contribution in [1.29, 1.82) is 0 Å². The quantitative estimate of drug-likeness (QED) is 0.194. The van der Waals surface area contributed by atoms with Crippen LogP contribution in [0.1, 0.15) is 23.3 Å². The van der Waals surface area contributed by atoms with Crippen molar-refractivity contribution in [1.82, 2.24) is 0 Å². The van der Waals surface area contributed by atoms with Crippen LogP contribution in [0.15, 0.2) is 109 Å². The molecule has 4 unspecified atom stereocenters. The van der Waals surface area contributed by atoms with Crippen molar-refractivity contribution in [3.8, 4) is 11.5 Å². The first kappa shape index (κ1) is 27.3. The average Bonchev–Trinajstić information content (AvgIpc) is 2.99. The van der Waals surface area contributed by atoms with Crippen molar-refractivity contribution in [2.45, 2.75) is 12.2 Å². The lowest BCUT2D eigenvalue weighted by Crippen LogP contribution is -2.24. The molecule has 0 aliphatic carbocycles. The molecule has 0 bridgehead atoms. The minimum absolute atomic E-state index is 0.436. The highest BCUT2D eigenvalue weighted by atomic mass is 31.1. The number of Topliss-reactive ketones (excluding diaryl/α,β-unsaturated/α-hetero) is 1. The minimum Gasteiger partial charge on any atom is -0.497 e. The summed E-state index contributed by atoms with van der Waals surface area (Å²) in [7, 11) is -1.73. The zero-order valence-corrected chi connectivity index (χ0v) is 22.6. The van der Waals surface area contributed by atoms with Gasteiger partial charge in [0.2, 0.25) is 16.4 Å². The number of ketones is 1. The largest absolute Gasteiger partial charge is 0.549 e. The molecule has 4 rings (SSSR count). The second-order valence-corrected chi connectivity index (χ2v) is 10.6. The molecule has 0 aliphatic heterocycles. The van der Waals surface area contributed by atoms with Crippen molar-refractivity contribution in [3.63, 3.8) is 0 Å². The van der Waals surface area contributed by atoms with Gasteiger partial charge in [0.1, 0.15) is 11.5 Å². The molecule has 0 N–H and O–H groups in total. The Balaban J connectivity index is 1.73. The number of ether oxygens (including phenoxy) is 2. The lowest BCUT2D eigenvalue weighted by atomic mass is 9.97.